The van der Waals surface area contributed by atoms with Crippen LogP contribution in [0.2, 0.25) is 0 Å². The largest absolute Gasteiger partial charge is 1.00 e. The molecule has 2 aliphatic heterocycles. The molecule has 0 aromatic carbocycles. The summed E-state index contributed by atoms with van der Waals surface area (Å²) < 4.78 is 56.5. The fourth-order valence-electron chi connectivity index (χ4n) is 3.34. The van der Waals surface area contributed by atoms with Gasteiger partial charge in [-0.1, -0.05) is 0 Å². The zero-order valence-corrected chi connectivity index (χ0v) is 20.3. The van der Waals surface area contributed by atoms with Crippen molar-refractivity contribution in [2.75, 3.05) is 20.3 Å². The Morgan fingerprint density at radius 3 is 2.03 bits per heavy atom. The van der Waals surface area contributed by atoms with E-state index in [1.807, 2.05) is 0 Å². The van der Waals surface area contributed by atoms with Crippen molar-refractivity contribution in [3.63, 3.8) is 0 Å². The number of aliphatic imine (C=N–C) groups is 1. The van der Waals surface area contributed by atoms with E-state index in [9.17, 15) is 39.1 Å². The van der Waals surface area contributed by atoms with Gasteiger partial charge in [0.1, 0.15) is 48.8 Å². The topological polar surface area (TPSA) is 237 Å². The second kappa shape index (κ2) is 12.6. The van der Waals surface area contributed by atoms with Crippen LogP contribution in [-0.4, -0.2) is 126 Å². The van der Waals surface area contributed by atoms with Crippen LogP contribution in [0.15, 0.2) is 4.99 Å². The van der Waals surface area contributed by atoms with E-state index in [0.29, 0.717) is 0 Å². The first kappa shape index (κ1) is 30.0. The number of aliphatic hydroxyl groups is 5. The Balaban J connectivity index is 0.00000512. The minimum Gasteiger partial charge on any atom is -0.862 e. The first-order chi connectivity index (χ1) is 14.4. The molecule has 0 amide bonds. The summed E-state index contributed by atoms with van der Waals surface area (Å²) in [6, 6.07) is -1.29. The number of hydrogen-bond donors (Lipinski definition) is 6. The van der Waals surface area contributed by atoms with Crippen LogP contribution in [0.25, 0.3) is 0 Å². The summed E-state index contributed by atoms with van der Waals surface area (Å²) in [6.07, 6.45) is -14.9. The van der Waals surface area contributed by atoms with Crippen LogP contribution in [0.1, 0.15) is 6.92 Å². The third-order valence-electron chi connectivity index (χ3n) is 4.73. The molecule has 6 N–H and O–H groups in total. The predicted octanol–water partition coefficient (Wildman–Crippen LogP) is -8.13. The summed E-state index contributed by atoms with van der Waals surface area (Å²) in [7, 11) is -3.92. The molecule has 0 bridgehead atoms. The van der Waals surface area contributed by atoms with Gasteiger partial charge in [0, 0.05) is 7.11 Å². The molecule has 2 rings (SSSR count). The second-order valence-corrected chi connectivity index (χ2v) is 7.93. The van der Waals surface area contributed by atoms with Gasteiger partial charge in [-0.25, -0.2) is 4.18 Å². The van der Waals surface area contributed by atoms with E-state index in [2.05, 4.69) is 9.18 Å². The first-order valence-corrected chi connectivity index (χ1v) is 10.4. The van der Waals surface area contributed by atoms with E-state index in [0.717, 1.165) is 6.92 Å². The van der Waals surface area contributed by atoms with Crippen LogP contribution in [0.4, 0.5) is 0 Å². The van der Waals surface area contributed by atoms with Crippen LogP contribution in [0, 0.1) is 0 Å². The quantitative estimate of drug-likeness (QED) is 0.0787. The number of rotatable bonds is 8. The molecule has 0 aliphatic carbocycles. The van der Waals surface area contributed by atoms with E-state index in [4.69, 9.17) is 23.5 Å². The van der Waals surface area contributed by atoms with Crippen LogP contribution in [0.3, 0.4) is 0 Å². The van der Waals surface area contributed by atoms with Crippen molar-refractivity contribution in [1.82, 2.24) is 0 Å². The molecule has 15 nitrogen and oxygen atoms in total. The van der Waals surface area contributed by atoms with Gasteiger partial charge in [0.05, 0.1) is 13.2 Å². The molecule has 17 heteroatoms. The van der Waals surface area contributed by atoms with Crippen LogP contribution in [-0.2, 0) is 33.5 Å². The predicted molar refractivity (Wildman–Crippen MR) is 94.7 cm³/mol. The Morgan fingerprint density at radius 2 is 1.56 bits per heavy atom. The summed E-state index contributed by atoms with van der Waals surface area (Å²) in [5, 5.41) is 61.5. The van der Waals surface area contributed by atoms with Gasteiger partial charge in [-0.2, -0.15) is 8.42 Å². The molecule has 32 heavy (non-hydrogen) atoms. The Kier molecular flexibility index (Phi) is 11.8. The number of methoxy groups -OCH3 is 1. The van der Waals surface area contributed by atoms with Crippen molar-refractivity contribution in [1.29, 1.82) is 0 Å². The third-order valence-corrected chi connectivity index (χ3v) is 5.20. The normalized spacial score (nSPS) is 41.2. The van der Waals surface area contributed by atoms with Gasteiger partial charge in [-0.05, 0) is 12.8 Å². The molecular weight excluding hydrogens is 473 g/mol. The minimum absolute atomic E-state index is 0. The Hall–Kier alpha value is -0.0200. The van der Waals surface area contributed by atoms with Crippen molar-refractivity contribution in [2.45, 2.75) is 68.3 Å². The van der Waals surface area contributed by atoms with Gasteiger partial charge >= 0.3 is 40.0 Å². The number of nitrogens with zero attached hydrogens (tertiary/aromatic N) is 1. The SMILES string of the molecule is CO[C@H]1O[C@H](CO)[C@@H](O[C@@H]2O[C@H](CO)[C@H](O)[C@H](OS(=O)(=O)O)[C@H]2O)[C@H](O)[C@H]1N=C(C)[O-].[Na+]. The maximum absolute atomic E-state index is 11.4. The molecule has 0 unspecified atom stereocenters. The van der Waals surface area contributed by atoms with Crippen LogP contribution >= 0.6 is 0 Å². The first-order valence-electron chi connectivity index (χ1n) is 9.05. The monoisotopic (exact) mass is 499 g/mol. The molecule has 182 valence electrons. The molecule has 0 spiro atoms. The van der Waals surface area contributed by atoms with Gasteiger partial charge in [0.25, 0.3) is 0 Å². The van der Waals surface area contributed by atoms with E-state index in [1.165, 1.54) is 7.11 Å². The summed E-state index contributed by atoms with van der Waals surface area (Å²) >= 11 is 0. The van der Waals surface area contributed by atoms with E-state index < -0.39 is 90.9 Å². The van der Waals surface area contributed by atoms with Gasteiger partial charge in [0.15, 0.2) is 12.6 Å². The van der Waals surface area contributed by atoms with E-state index in [-0.39, 0.29) is 29.6 Å². The molecule has 0 radical (unpaired) electrons. The maximum atomic E-state index is 11.4. The van der Waals surface area contributed by atoms with Gasteiger partial charge in [-0.15, -0.1) is 0 Å². The fourth-order valence-corrected chi connectivity index (χ4v) is 3.85. The van der Waals surface area contributed by atoms with Crippen molar-refractivity contribution in [3.8, 4) is 0 Å². The average molecular weight is 499 g/mol. The fraction of sp³-hybridized carbons (Fsp3) is 0.933. The summed E-state index contributed by atoms with van der Waals surface area (Å²) in [5.41, 5.74) is 0. The zero-order valence-electron chi connectivity index (χ0n) is 17.5. The van der Waals surface area contributed by atoms with E-state index in [1.54, 1.807) is 0 Å². The number of ether oxygens (including phenoxy) is 4. The Bertz CT molecular complexity index is 721. The molecule has 0 aromatic heterocycles. The number of aliphatic hydroxyl groups excluding tert-OH is 5. The molecule has 2 aliphatic rings. The minimum atomic E-state index is -5.13. The third kappa shape index (κ3) is 7.24. The summed E-state index contributed by atoms with van der Waals surface area (Å²) in [6.45, 7) is -0.458. The van der Waals surface area contributed by atoms with Crippen LogP contribution in [0.5, 0.6) is 0 Å². The maximum Gasteiger partial charge on any atom is 1.00 e. The molecule has 10 atom stereocenters. The molecule has 2 saturated heterocycles. The van der Waals surface area contributed by atoms with Crippen molar-refractivity contribution in [2.24, 2.45) is 4.99 Å². The number of hydrogen-bond acceptors (Lipinski definition) is 14. The van der Waals surface area contributed by atoms with E-state index >= 15 is 0 Å². The van der Waals surface area contributed by atoms with Gasteiger partial charge in [-0.3, -0.25) is 9.55 Å². The molecular formula is C15H26NNaO14S. The average Bonchev–Trinajstić information content (AvgIpc) is 2.69. The summed E-state index contributed by atoms with van der Waals surface area (Å²) in [5.74, 6) is -0.671. The van der Waals surface area contributed by atoms with Gasteiger partial charge < -0.3 is 49.6 Å². The molecule has 0 saturated carbocycles. The molecule has 0 aromatic rings. The molecule has 2 fully saturated rings. The molecule has 2 heterocycles. The van der Waals surface area contributed by atoms with Crippen molar-refractivity contribution >= 4 is 16.3 Å². The second-order valence-electron chi connectivity index (χ2n) is 6.89. The zero-order chi connectivity index (χ0) is 23.5. The smallest absolute Gasteiger partial charge is 0.862 e. The van der Waals surface area contributed by atoms with Crippen molar-refractivity contribution in [3.05, 3.63) is 0 Å². The standard InChI is InChI=1S/C15H27NO14S.Na/c1-5(19)16-8-10(21)12(7(4-18)28-14(8)26-2)29-15-11(22)13(30-31(23,24)25)9(20)6(3-17)27-15;/h6-15,17-18,20-22H,3-4H2,1-2H3,(H,16,19)(H,23,24,25);/q;+1/p-1/t6-,7-,8-,9+,10-,11-,12-,13+,14+,15+;/m1./s1. The Labute approximate surface area is 205 Å². The van der Waals surface area contributed by atoms with Gasteiger partial charge in [0.2, 0.25) is 0 Å². The summed E-state index contributed by atoms with van der Waals surface area (Å²) in [4.78, 5) is 3.69. The Morgan fingerprint density at radius 1 is 1.00 bits per heavy atom. The van der Waals surface area contributed by atoms with Crippen LogP contribution < -0.4 is 34.7 Å². The van der Waals surface area contributed by atoms with Crippen molar-refractivity contribution < 1.29 is 96.3 Å².